The SMILES string of the molecule is CN1C(=O)CC(N(C)C2CN(c3ccc4nncn4n3)C2)NC1=O. The number of imide groups is 1. The first-order valence-corrected chi connectivity index (χ1v) is 7.74. The lowest BCUT2D eigenvalue weighted by Gasteiger charge is -2.48. The van der Waals surface area contributed by atoms with Crippen LogP contribution in [0.4, 0.5) is 10.6 Å². The second-order valence-corrected chi connectivity index (χ2v) is 6.17. The Kier molecular flexibility index (Phi) is 3.34. The third-order valence-corrected chi connectivity index (χ3v) is 4.74. The van der Waals surface area contributed by atoms with Gasteiger partial charge in [0.1, 0.15) is 12.1 Å². The summed E-state index contributed by atoms with van der Waals surface area (Å²) in [7, 11) is 3.42. The summed E-state index contributed by atoms with van der Waals surface area (Å²) in [6.07, 6.45) is 1.60. The van der Waals surface area contributed by atoms with Gasteiger partial charge in [0.25, 0.3) is 0 Å². The third kappa shape index (κ3) is 2.35. The Balaban J connectivity index is 1.39. The predicted octanol–water partition coefficient (Wildman–Crippen LogP) is -0.857. The van der Waals surface area contributed by atoms with E-state index in [1.165, 1.54) is 7.05 Å². The van der Waals surface area contributed by atoms with E-state index in [2.05, 4.69) is 30.4 Å². The van der Waals surface area contributed by atoms with Crippen LogP contribution in [0.15, 0.2) is 18.5 Å². The molecule has 0 saturated carbocycles. The first kappa shape index (κ1) is 14.8. The molecule has 1 N–H and O–H groups in total. The molecular weight excluding hydrogens is 312 g/mol. The minimum atomic E-state index is -0.348. The van der Waals surface area contributed by atoms with Crippen molar-refractivity contribution in [3.8, 4) is 0 Å². The van der Waals surface area contributed by atoms with Gasteiger partial charge in [-0.15, -0.1) is 15.3 Å². The van der Waals surface area contributed by atoms with E-state index >= 15 is 0 Å². The van der Waals surface area contributed by atoms with Crippen LogP contribution in [-0.4, -0.2) is 80.9 Å². The molecule has 0 radical (unpaired) electrons. The van der Waals surface area contributed by atoms with Gasteiger partial charge in [-0.1, -0.05) is 0 Å². The molecule has 0 bridgehead atoms. The number of carbonyl (C=O) groups excluding carboxylic acids is 2. The summed E-state index contributed by atoms with van der Waals surface area (Å²) >= 11 is 0. The van der Waals surface area contributed by atoms with Gasteiger partial charge in [-0.3, -0.25) is 14.6 Å². The number of amides is 3. The summed E-state index contributed by atoms with van der Waals surface area (Å²) < 4.78 is 1.64. The molecule has 2 aliphatic heterocycles. The number of rotatable bonds is 3. The van der Waals surface area contributed by atoms with Crippen LogP contribution in [0, 0.1) is 0 Å². The number of nitrogens with zero attached hydrogens (tertiary/aromatic N) is 7. The molecule has 1 unspecified atom stereocenters. The molecule has 2 aromatic heterocycles. The van der Waals surface area contributed by atoms with Crippen LogP contribution in [0.2, 0.25) is 0 Å². The van der Waals surface area contributed by atoms with Crippen molar-refractivity contribution < 1.29 is 9.59 Å². The van der Waals surface area contributed by atoms with Crippen molar-refractivity contribution in [1.82, 2.24) is 34.9 Å². The molecular formula is C14H18N8O2. The zero-order chi connectivity index (χ0) is 16.8. The summed E-state index contributed by atoms with van der Waals surface area (Å²) in [6.45, 7) is 1.57. The Bertz CT molecular complexity index is 781. The van der Waals surface area contributed by atoms with Crippen LogP contribution in [0.3, 0.4) is 0 Å². The monoisotopic (exact) mass is 330 g/mol. The minimum absolute atomic E-state index is 0.161. The molecule has 2 aliphatic rings. The zero-order valence-electron chi connectivity index (χ0n) is 13.5. The van der Waals surface area contributed by atoms with Crippen LogP contribution >= 0.6 is 0 Å². The van der Waals surface area contributed by atoms with Gasteiger partial charge in [0, 0.05) is 26.2 Å². The molecule has 0 spiro atoms. The van der Waals surface area contributed by atoms with Gasteiger partial charge in [0.15, 0.2) is 5.65 Å². The fourth-order valence-corrected chi connectivity index (χ4v) is 2.99. The highest BCUT2D eigenvalue weighted by atomic mass is 16.2. The van der Waals surface area contributed by atoms with Gasteiger partial charge in [-0.25, -0.2) is 4.79 Å². The Morgan fingerprint density at radius 3 is 2.83 bits per heavy atom. The highest BCUT2D eigenvalue weighted by Crippen LogP contribution is 2.23. The number of likely N-dealkylation sites (N-methyl/N-ethyl adjacent to an activating group) is 1. The predicted molar refractivity (Wildman–Crippen MR) is 84.3 cm³/mol. The average Bonchev–Trinajstić information content (AvgIpc) is 2.98. The fraction of sp³-hybridized carbons (Fsp3) is 0.500. The number of carbonyl (C=O) groups is 2. The molecule has 0 aromatic carbocycles. The standard InChI is InChI=1S/C14H18N8O2/c1-19(12-5-13(23)20(2)14(24)16-12)9-6-21(7-9)11-4-3-10-17-15-8-22(10)18-11/h3-4,8-9,12H,5-7H2,1-2H3,(H,16,24). The van der Waals surface area contributed by atoms with Gasteiger partial charge in [0.05, 0.1) is 12.6 Å². The summed E-state index contributed by atoms with van der Waals surface area (Å²) in [5.41, 5.74) is 0.709. The number of fused-ring (bicyclic) bond motifs is 1. The molecule has 3 amide bonds. The second-order valence-electron chi connectivity index (χ2n) is 6.17. The van der Waals surface area contributed by atoms with Gasteiger partial charge >= 0.3 is 6.03 Å². The van der Waals surface area contributed by atoms with Crippen LogP contribution in [0.5, 0.6) is 0 Å². The number of urea groups is 1. The van der Waals surface area contributed by atoms with Gasteiger partial charge in [-0.05, 0) is 19.2 Å². The van der Waals surface area contributed by atoms with Crippen LogP contribution in [0.25, 0.3) is 5.65 Å². The van der Waals surface area contributed by atoms with Gasteiger partial charge in [-0.2, -0.15) is 4.52 Å². The van der Waals surface area contributed by atoms with Crippen molar-refractivity contribution in [2.24, 2.45) is 0 Å². The first-order valence-electron chi connectivity index (χ1n) is 7.74. The fourth-order valence-electron chi connectivity index (χ4n) is 2.99. The largest absolute Gasteiger partial charge is 0.352 e. The maximum Gasteiger partial charge on any atom is 0.325 e. The summed E-state index contributed by atoms with van der Waals surface area (Å²) in [5.74, 6) is 0.696. The van der Waals surface area contributed by atoms with Crippen LogP contribution in [-0.2, 0) is 4.79 Å². The Morgan fingerprint density at radius 2 is 2.08 bits per heavy atom. The molecule has 24 heavy (non-hydrogen) atoms. The van der Waals surface area contributed by atoms with E-state index in [9.17, 15) is 9.59 Å². The quantitative estimate of drug-likeness (QED) is 0.782. The van der Waals surface area contributed by atoms with E-state index in [0.29, 0.717) is 12.1 Å². The Hall–Kier alpha value is -2.75. The summed E-state index contributed by atoms with van der Waals surface area (Å²) in [6, 6.07) is 3.70. The number of anilines is 1. The van der Waals surface area contributed by atoms with Crippen LogP contribution < -0.4 is 10.2 Å². The maximum atomic E-state index is 11.8. The highest BCUT2D eigenvalue weighted by molar-refractivity contribution is 5.96. The van der Waals surface area contributed by atoms with Crippen molar-refractivity contribution >= 4 is 23.4 Å². The summed E-state index contributed by atoms with van der Waals surface area (Å²) in [4.78, 5) is 28.9. The smallest absolute Gasteiger partial charge is 0.325 e. The number of hydrogen-bond acceptors (Lipinski definition) is 7. The van der Waals surface area contributed by atoms with E-state index in [0.717, 1.165) is 23.8 Å². The van der Waals surface area contributed by atoms with Gasteiger partial charge < -0.3 is 10.2 Å². The number of hydrogen-bond donors (Lipinski definition) is 1. The molecule has 0 aliphatic carbocycles. The van der Waals surface area contributed by atoms with Crippen molar-refractivity contribution in [2.75, 3.05) is 32.1 Å². The second kappa shape index (κ2) is 5.41. The molecule has 10 nitrogen and oxygen atoms in total. The molecule has 4 rings (SSSR count). The van der Waals surface area contributed by atoms with Crippen molar-refractivity contribution in [3.63, 3.8) is 0 Å². The normalized spacial score (nSPS) is 22.2. The topological polar surface area (TPSA) is 99.0 Å². The van der Waals surface area contributed by atoms with E-state index in [4.69, 9.17) is 0 Å². The molecule has 2 fully saturated rings. The first-order chi connectivity index (χ1) is 11.5. The van der Waals surface area contributed by atoms with Crippen molar-refractivity contribution in [1.29, 1.82) is 0 Å². The van der Waals surface area contributed by atoms with Gasteiger partial charge in [0.2, 0.25) is 5.91 Å². The summed E-state index contributed by atoms with van der Waals surface area (Å²) in [5, 5.41) is 15.1. The zero-order valence-corrected chi connectivity index (χ0v) is 13.5. The molecule has 1 atom stereocenters. The van der Waals surface area contributed by atoms with Crippen molar-refractivity contribution in [2.45, 2.75) is 18.6 Å². The lowest BCUT2D eigenvalue weighted by atomic mass is 10.1. The van der Waals surface area contributed by atoms with E-state index < -0.39 is 0 Å². The molecule has 2 aromatic rings. The highest BCUT2D eigenvalue weighted by Gasteiger charge is 2.38. The van der Waals surface area contributed by atoms with E-state index in [1.54, 1.807) is 10.8 Å². The van der Waals surface area contributed by atoms with E-state index in [-0.39, 0.29) is 24.1 Å². The van der Waals surface area contributed by atoms with E-state index in [1.807, 2.05) is 19.2 Å². The Morgan fingerprint density at radius 1 is 1.29 bits per heavy atom. The van der Waals surface area contributed by atoms with Crippen LogP contribution in [0.1, 0.15) is 6.42 Å². The maximum absolute atomic E-state index is 11.8. The number of aromatic nitrogens is 4. The lowest BCUT2D eigenvalue weighted by Crippen LogP contribution is -2.66. The molecule has 4 heterocycles. The Labute approximate surface area is 138 Å². The number of nitrogens with one attached hydrogen (secondary N) is 1. The van der Waals surface area contributed by atoms with Crippen molar-refractivity contribution in [3.05, 3.63) is 18.5 Å². The molecule has 10 heteroatoms. The lowest BCUT2D eigenvalue weighted by molar-refractivity contribution is -0.130. The molecule has 2 saturated heterocycles. The minimum Gasteiger partial charge on any atom is -0.352 e. The third-order valence-electron chi connectivity index (χ3n) is 4.74. The average molecular weight is 330 g/mol. The molecule has 126 valence electrons.